The fourth-order valence-electron chi connectivity index (χ4n) is 2.56. The number of para-hydroxylation sites is 2. The molecule has 0 aliphatic heterocycles. The normalized spacial score (nSPS) is 11.1. The molecular weight excluding hydrogens is 403 g/mol. The maximum absolute atomic E-state index is 13.8. The van der Waals surface area contributed by atoms with E-state index in [0.717, 1.165) is 4.31 Å². The van der Waals surface area contributed by atoms with E-state index in [1.165, 1.54) is 42.5 Å². The summed E-state index contributed by atoms with van der Waals surface area (Å²) in [6, 6.07) is 19.6. The van der Waals surface area contributed by atoms with Crippen molar-refractivity contribution >= 4 is 38.9 Å². The largest absolute Gasteiger partial charge is 0.322 e. The van der Waals surface area contributed by atoms with Crippen LogP contribution in [0, 0.1) is 5.82 Å². The molecule has 8 heteroatoms. The molecule has 0 aliphatic rings. The van der Waals surface area contributed by atoms with Gasteiger partial charge in [0.25, 0.3) is 10.0 Å². The van der Waals surface area contributed by atoms with Gasteiger partial charge < -0.3 is 5.32 Å². The van der Waals surface area contributed by atoms with E-state index in [9.17, 15) is 17.6 Å². The van der Waals surface area contributed by atoms with Crippen molar-refractivity contribution in [2.24, 2.45) is 0 Å². The zero-order chi connectivity index (χ0) is 20.1. The Morgan fingerprint density at radius 3 is 2.21 bits per heavy atom. The lowest BCUT2D eigenvalue weighted by atomic mass is 10.3. The third-order valence-corrected chi connectivity index (χ3v) is 5.98. The number of nitrogens with zero attached hydrogens (tertiary/aromatic N) is 1. The highest BCUT2D eigenvalue weighted by atomic mass is 35.5. The Labute approximate surface area is 167 Å². The highest BCUT2D eigenvalue weighted by Gasteiger charge is 2.28. The van der Waals surface area contributed by atoms with Crippen LogP contribution in [0.5, 0.6) is 0 Å². The number of hydrogen-bond donors (Lipinski definition) is 1. The second kappa shape index (κ2) is 8.41. The topological polar surface area (TPSA) is 66.5 Å². The van der Waals surface area contributed by atoms with Crippen LogP contribution >= 0.6 is 11.6 Å². The number of rotatable bonds is 6. The first-order chi connectivity index (χ1) is 13.4. The van der Waals surface area contributed by atoms with E-state index in [1.54, 1.807) is 36.4 Å². The minimum atomic E-state index is -4.08. The van der Waals surface area contributed by atoms with E-state index in [1.807, 2.05) is 0 Å². The minimum Gasteiger partial charge on any atom is -0.322 e. The van der Waals surface area contributed by atoms with Crippen molar-refractivity contribution in [2.75, 3.05) is 16.2 Å². The number of benzene rings is 3. The average Bonchev–Trinajstić information content (AvgIpc) is 2.69. The Hall–Kier alpha value is -2.90. The molecule has 1 N–H and O–H groups in total. The Morgan fingerprint density at radius 2 is 1.54 bits per heavy atom. The Balaban J connectivity index is 1.97. The molecule has 0 saturated carbocycles. The first-order valence-electron chi connectivity index (χ1n) is 8.26. The quantitative estimate of drug-likeness (QED) is 0.648. The summed E-state index contributed by atoms with van der Waals surface area (Å²) in [7, 11) is -4.08. The second-order valence-electron chi connectivity index (χ2n) is 5.80. The van der Waals surface area contributed by atoms with Gasteiger partial charge in [0.1, 0.15) is 12.4 Å². The fraction of sp³-hybridized carbons (Fsp3) is 0.0500. The van der Waals surface area contributed by atoms with Gasteiger partial charge in [0, 0.05) is 0 Å². The summed E-state index contributed by atoms with van der Waals surface area (Å²) in [6.07, 6.45) is 0. The second-order valence-corrected chi connectivity index (χ2v) is 8.07. The smallest absolute Gasteiger partial charge is 0.264 e. The molecule has 3 aromatic carbocycles. The minimum absolute atomic E-state index is 0.00797. The van der Waals surface area contributed by atoms with Gasteiger partial charge in [-0.05, 0) is 36.4 Å². The number of amides is 1. The van der Waals surface area contributed by atoms with Gasteiger partial charge in [0.2, 0.25) is 5.91 Å². The molecule has 0 unspecified atom stereocenters. The highest BCUT2D eigenvalue weighted by Crippen LogP contribution is 2.30. The maximum atomic E-state index is 13.8. The van der Waals surface area contributed by atoms with Crippen molar-refractivity contribution < 1.29 is 17.6 Å². The van der Waals surface area contributed by atoms with Crippen molar-refractivity contribution in [2.45, 2.75) is 4.90 Å². The van der Waals surface area contributed by atoms with Gasteiger partial charge in [-0.2, -0.15) is 0 Å². The molecule has 28 heavy (non-hydrogen) atoms. The lowest BCUT2D eigenvalue weighted by Crippen LogP contribution is -2.38. The zero-order valence-corrected chi connectivity index (χ0v) is 16.1. The lowest BCUT2D eigenvalue weighted by Gasteiger charge is -2.25. The van der Waals surface area contributed by atoms with Crippen LogP contribution in [0.2, 0.25) is 5.02 Å². The van der Waals surface area contributed by atoms with Gasteiger partial charge in [-0.1, -0.05) is 54.1 Å². The van der Waals surface area contributed by atoms with Gasteiger partial charge in [0.05, 0.1) is 21.3 Å². The number of carbonyl (C=O) groups is 1. The first-order valence-corrected chi connectivity index (χ1v) is 10.1. The van der Waals surface area contributed by atoms with Gasteiger partial charge in [-0.3, -0.25) is 9.10 Å². The molecule has 0 bridgehead atoms. The Morgan fingerprint density at radius 1 is 0.929 bits per heavy atom. The van der Waals surface area contributed by atoms with Crippen molar-refractivity contribution in [3.05, 3.63) is 89.7 Å². The molecule has 1 amide bonds. The molecule has 0 aliphatic carbocycles. The molecule has 0 heterocycles. The molecule has 3 rings (SSSR count). The third-order valence-electron chi connectivity index (χ3n) is 3.89. The first kappa shape index (κ1) is 19.9. The monoisotopic (exact) mass is 418 g/mol. The summed E-state index contributed by atoms with van der Waals surface area (Å²) in [4.78, 5) is 12.5. The van der Waals surface area contributed by atoms with Gasteiger partial charge in [-0.25, -0.2) is 12.8 Å². The molecule has 0 atom stereocenters. The van der Waals surface area contributed by atoms with Crippen molar-refractivity contribution in [1.29, 1.82) is 0 Å². The molecule has 0 radical (unpaired) electrons. The molecule has 144 valence electrons. The van der Waals surface area contributed by atoms with Crippen molar-refractivity contribution in [1.82, 2.24) is 0 Å². The van der Waals surface area contributed by atoms with Gasteiger partial charge in [0.15, 0.2) is 0 Å². The van der Waals surface area contributed by atoms with E-state index in [-0.39, 0.29) is 21.3 Å². The summed E-state index contributed by atoms with van der Waals surface area (Å²) < 4.78 is 41.0. The fourth-order valence-corrected chi connectivity index (χ4v) is 4.30. The number of sulfonamides is 1. The third kappa shape index (κ3) is 4.32. The Kier molecular flexibility index (Phi) is 5.96. The Bertz CT molecular complexity index is 1090. The van der Waals surface area contributed by atoms with E-state index in [2.05, 4.69) is 5.32 Å². The highest BCUT2D eigenvalue weighted by molar-refractivity contribution is 7.92. The molecule has 5 nitrogen and oxygen atoms in total. The zero-order valence-electron chi connectivity index (χ0n) is 14.5. The van der Waals surface area contributed by atoms with Crippen LogP contribution in [0.4, 0.5) is 15.8 Å². The molecule has 3 aromatic rings. The van der Waals surface area contributed by atoms with Gasteiger partial charge >= 0.3 is 0 Å². The SMILES string of the molecule is O=C(CN(c1ccccc1Cl)S(=O)(=O)c1ccccc1)Nc1ccccc1F. The summed E-state index contributed by atoms with van der Waals surface area (Å²) >= 11 is 6.18. The van der Waals surface area contributed by atoms with E-state index >= 15 is 0 Å². The molecule has 0 aromatic heterocycles. The average molecular weight is 419 g/mol. The van der Waals surface area contributed by atoms with Crippen molar-refractivity contribution in [3.63, 3.8) is 0 Å². The van der Waals surface area contributed by atoms with Crippen LogP contribution in [0.1, 0.15) is 0 Å². The summed E-state index contributed by atoms with van der Waals surface area (Å²) in [5, 5.41) is 2.56. The maximum Gasteiger partial charge on any atom is 0.264 e. The molecule has 0 spiro atoms. The van der Waals surface area contributed by atoms with E-state index < -0.39 is 28.3 Å². The van der Waals surface area contributed by atoms with E-state index in [0.29, 0.717) is 0 Å². The van der Waals surface area contributed by atoms with Crippen LogP contribution in [-0.2, 0) is 14.8 Å². The molecule has 0 fully saturated rings. The number of hydrogen-bond acceptors (Lipinski definition) is 3. The van der Waals surface area contributed by atoms with Crippen LogP contribution in [0.3, 0.4) is 0 Å². The lowest BCUT2D eigenvalue weighted by molar-refractivity contribution is -0.114. The van der Waals surface area contributed by atoms with Gasteiger partial charge in [-0.15, -0.1) is 0 Å². The summed E-state index contributed by atoms with van der Waals surface area (Å²) in [5.41, 5.74) is 0.112. The van der Waals surface area contributed by atoms with Crippen molar-refractivity contribution in [3.8, 4) is 0 Å². The molecule has 0 saturated heterocycles. The predicted molar refractivity (Wildman–Crippen MR) is 107 cm³/mol. The summed E-state index contributed by atoms with van der Waals surface area (Å²) in [5.74, 6) is -1.32. The number of anilines is 2. The standard InChI is InChI=1S/C20H16ClFN2O3S/c21-16-10-4-7-13-19(16)24(28(26,27)15-8-2-1-3-9-15)14-20(25)23-18-12-6-5-11-17(18)22/h1-13H,14H2,(H,23,25). The predicted octanol–water partition coefficient (Wildman–Crippen LogP) is 4.31. The molecular formula is C20H16ClFN2O3S. The number of halogens is 2. The van der Waals surface area contributed by atoms with Crippen LogP contribution in [-0.4, -0.2) is 20.9 Å². The van der Waals surface area contributed by atoms with Crippen LogP contribution < -0.4 is 9.62 Å². The van der Waals surface area contributed by atoms with E-state index in [4.69, 9.17) is 11.6 Å². The number of carbonyl (C=O) groups excluding carboxylic acids is 1. The summed E-state index contributed by atoms with van der Waals surface area (Å²) in [6.45, 7) is -0.574. The van der Waals surface area contributed by atoms with Crippen LogP contribution in [0.15, 0.2) is 83.8 Å². The number of nitrogens with one attached hydrogen (secondary N) is 1. The van der Waals surface area contributed by atoms with Crippen LogP contribution in [0.25, 0.3) is 0 Å².